The molecule has 0 atom stereocenters. The Balaban J connectivity index is 0.00000192. The van der Waals surface area contributed by atoms with Crippen LogP contribution in [0.1, 0.15) is 18.2 Å². The zero-order valence-corrected chi connectivity index (χ0v) is 16.3. The van der Waals surface area contributed by atoms with Gasteiger partial charge in [-0.15, -0.1) is 11.8 Å². The monoisotopic (exact) mass is 433 g/mol. The second-order valence-corrected chi connectivity index (χ2v) is 6.05. The first-order chi connectivity index (χ1) is 10.8. The van der Waals surface area contributed by atoms with Crippen molar-refractivity contribution in [2.45, 2.75) is 18.4 Å². The van der Waals surface area contributed by atoms with Crippen LogP contribution in [-0.2, 0) is 6.54 Å². The number of rotatable bonds is 4. The Labute approximate surface area is 159 Å². The summed E-state index contributed by atoms with van der Waals surface area (Å²) in [5.74, 6) is 0. The maximum atomic E-state index is 2.35. The van der Waals surface area contributed by atoms with Crippen LogP contribution in [0.2, 0.25) is 0 Å². The Morgan fingerprint density at radius 2 is 1.65 bits per heavy atom. The molecule has 0 bridgehead atoms. The average molecular weight is 433 g/mol. The van der Waals surface area contributed by atoms with Crippen molar-refractivity contribution in [2.75, 3.05) is 6.26 Å². The number of benzene rings is 2. The summed E-state index contributed by atoms with van der Waals surface area (Å²) >= 11 is 1.77. The van der Waals surface area contributed by atoms with Crippen molar-refractivity contribution < 1.29 is 28.5 Å². The van der Waals surface area contributed by atoms with Gasteiger partial charge in [-0.25, -0.2) is 0 Å². The third kappa shape index (κ3) is 4.15. The van der Waals surface area contributed by atoms with E-state index < -0.39 is 0 Å². The standard InChI is InChI=1S/C20H20NS.HI/c1-3-21-18(13-11-17-6-4-5-7-20(17)21)12-8-16-9-14-19(22-2)15-10-16;/h4-15H,3H2,1-2H3;1H/q+1;/p-1/b12-8+;. The van der Waals surface area contributed by atoms with E-state index in [0.29, 0.717) is 0 Å². The molecule has 3 heteroatoms. The minimum absolute atomic E-state index is 0. The molecule has 1 aromatic heterocycles. The average Bonchev–Trinajstić information content (AvgIpc) is 2.59. The van der Waals surface area contributed by atoms with Crippen molar-refractivity contribution >= 4 is 34.8 Å². The number of fused-ring (bicyclic) bond motifs is 1. The number of aryl methyl sites for hydroxylation is 1. The highest BCUT2D eigenvalue weighted by atomic mass is 127. The highest BCUT2D eigenvalue weighted by molar-refractivity contribution is 7.98. The number of pyridine rings is 1. The lowest BCUT2D eigenvalue weighted by Gasteiger charge is -2.02. The molecule has 3 rings (SSSR count). The van der Waals surface area contributed by atoms with Crippen LogP contribution in [0.15, 0.2) is 65.6 Å². The van der Waals surface area contributed by atoms with E-state index in [1.54, 1.807) is 11.8 Å². The van der Waals surface area contributed by atoms with E-state index in [1.165, 1.54) is 27.1 Å². The molecule has 0 aliphatic carbocycles. The topological polar surface area (TPSA) is 3.88 Å². The van der Waals surface area contributed by atoms with E-state index in [4.69, 9.17) is 0 Å². The number of para-hydroxylation sites is 1. The third-order valence-electron chi connectivity index (χ3n) is 3.85. The van der Waals surface area contributed by atoms with E-state index >= 15 is 0 Å². The van der Waals surface area contributed by atoms with E-state index in [9.17, 15) is 0 Å². The van der Waals surface area contributed by atoms with Crippen LogP contribution >= 0.6 is 11.8 Å². The first kappa shape index (κ1) is 18.0. The highest BCUT2D eigenvalue weighted by Gasteiger charge is 2.10. The van der Waals surface area contributed by atoms with Crippen LogP contribution < -0.4 is 28.5 Å². The van der Waals surface area contributed by atoms with E-state index in [-0.39, 0.29) is 24.0 Å². The van der Waals surface area contributed by atoms with Gasteiger partial charge in [0.2, 0.25) is 11.2 Å². The summed E-state index contributed by atoms with van der Waals surface area (Å²) in [6.45, 7) is 3.16. The summed E-state index contributed by atoms with van der Waals surface area (Å²) in [5.41, 5.74) is 3.74. The second-order valence-electron chi connectivity index (χ2n) is 5.17. The Morgan fingerprint density at radius 3 is 2.35 bits per heavy atom. The van der Waals surface area contributed by atoms with Crippen molar-refractivity contribution in [1.29, 1.82) is 0 Å². The molecule has 23 heavy (non-hydrogen) atoms. The quantitative estimate of drug-likeness (QED) is 0.346. The van der Waals surface area contributed by atoms with Gasteiger partial charge in [0.25, 0.3) is 0 Å². The lowest BCUT2D eigenvalue weighted by molar-refractivity contribution is -0.669. The van der Waals surface area contributed by atoms with Crippen LogP contribution in [0.5, 0.6) is 0 Å². The molecule has 1 nitrogen and oxygen atoms in total. The fourth-order valence-corrected chi connectivity index (χ4v) is 3.08. The van der Waals surface area contributed by atoms with Crippen molar-refractivity contribution in [3.05, 3.63) is 71.9 Å². The van der Waals surface area contributed by atoms with Crippen molar-refractivity contribution in [2.24, 2.45) is 0 Å². The lowest BCUT2D eigenvalue weighted by Crippen LogP contribution is -3.00. The third-order valence-corrected chi connectivity index (χ3v) is 4.60. The number of aromatic nitrogens is 1. The fraction of sp³-hybridized carbons (Fsp3) is 0.150. The van der Waals surface area contributed by atoms with Crippen LogP contribution in [0.3, 0.4) is 0 Å². The minimum Gasteiger partial charge on any atom is -1.00 e. The number of hydrogen-bond donors (Lipinski definition) is 0. The smallest absolute Gasteiger partial charge is 0.212 e. The predicted molar refractivity (Wildman–Crippen MR) is 97.0 cm³/mol. The molecule has 0 radical (unpaired) electrons. The van der Waals surface area contributed by atoms with Gasteiger partial charge in [-0.05, 0) is 49.1 Å². The van der Waals surface area contributed by atoms with Gasteiger partial charge in [-0.1, -0.05) is 24.3 Å². The summed E-state index contributed by atoms with van der Waals surface area (Å²) in [5, 5.41) is 1.28. The summed E-state index contributed by atoms with van der Waals surface area (Å²) in [4.78, 5) is 1.30. The first-order valence-electron chi connectivity index (χ1n) is 7.55. The van der Waals surface area contributed by atoms with Gasteiger partial charge < -0.3 is 24.0 Å². The summed E-state index contributed by atoms with van der Waals surface area (Å²) in [6.07, 6.45) is 6.48. The second kappa shape index (κ2) is 8.50. The van der Waals surface area contributed by atoms with Gasteiger partial charge in [0, 0.05) is 28.5 Å². The van der Waals surface area contributed by atoms with Crippen LogP contribution in [0.25, 0.3) is 23.1 Å². The summed E-state index contributed by atoms with van der Waals surface area (Å²) < 4.78 is 2.35. The van der Waals surface area contributed by atoms with E-state index in [0.717, 1.165) is 6.54 Å². The van der Waals surface area contributed by atoms with Gasteiger partial charge in [0.15, 0.2) is 0 Å². The molecule has 1 heterocycles. The Morgan fingerprint density at radius 1 is 0.913 bits per heavy atom. The largest absolute Gasteiger partial charge is 1.00 e. The number of halogens is 1. The Hall–Kier alpha value is -1.33. The van der Waals surface area contributed by atoms with Gasteiger partial charge in [0.05, 0.1) is 0 Å². The minimum atomic E-state index is 0. The molecule has 118 valence electrons. The molecule has 0 aliphatic rings. The van der Waals surface area contributed by atoms with Crippen LogP contribution in [-0.4, -0.2) is 6.26 Å². The Kier molecular flexibility index (Phi) is 6.66. The normalized spacial score (nSPS) is 10.9. The van der Waals surface area contributed by atoms with E-state index in [2.05, 4.69) is 90.6 Å². The molecule has 3 aromatic rings. The molecule has 0 saturated carbocycles. The first-order valence-corrected chi connectivity index (χ1v) is 8.78. The molecular weight excluding hydrogens is 413 g/mol. The molecule has 0 aliphatic heterocycles. The SMILES string of the molecule is CC[n+]1c(/C=C/c2ccc(SC)cc2)ccc2ccccc21.[I-]. The number of thioether (sulfide) groups is 1. The van der Waals surface area contributed by atoms with E-state index in [1.807, 2.05) is 0 Å². The van der Waals surface area contributed by atoms with Crippen molar-refractivity contribution in [3.63, 3.8) is 0 Å². The molecule has 0 amide bonds. The molecule has 0 spiro atoms. The van der Waals surface area contributed by atoms with Crippen molar-refractivity contribution in [3.8, 4) is 0 Å². The summed E-state index contributed by atoms with van der Waals surface area (Å²) in [7, 11) is 0. The molecule has 0 saturated heterocycles. The zero-order chi connectivity index (χ0) is 15.4. The zero-order valence-electron chi connectivity index (χ0n) is 13.4. The van der Waals surface area contributed by atoms with Gasteiger partial charge >= 0.3 is 0 Å². The maximum Gasteiger partial charge on any atom is 0.212 e. The molecular formula is C20H20INS. The van der Waals surface area contributed by atoms with Gasteiger partial charge in [0.1, 0.15) is 6.54 Å². The van der Waals surface area contributed by atoms with Crippen molar-refractivity contribution in [1.82, 2.24) is 0 Å². The van der Waals surface area contributed by atoms with Gasteiger partial charge in [-0.3, -0.25) is 0 Å². The molecule has 0 unspecified atom stereocenters. The number of nitrogens with zero attached hydrogens (tertiary/aromatic N) is 1. The highest BCUT2D eigenvalue weighted by Crippen LogP contribution is 2.17. The maximum absolute atomic E-state index is 2.35. The molecule has 0 fully saturated rings. The molecule has 2 aromatic carbocycles. The Bertz CT molecular complexity index is 809. The fourth-order valence-electron chi connectivity index (χ4n) is 2.67. The molecule has 0 N–H and O–H groups in total. The van der Waals surface area contributed by atoms with Gasteiger partial charge in [-0.2, -0.15) is 4.57 Å². The van der Waals surface area contributed by atoms with Crippen LogP contribution in [0, 0.1) is 0 Å². The number of hydrogen-bond acceptors (Lipinski definition) is 1. The summed E-state index contributed by atoms with van der Waals surface area (Å²) in [6, 6.07) is 21.6. The lowest BCUT2D eigenvalue weighted by atomic mass is 10.1. The predicted octanol–water partition coefficient (Wildman–Crippen LogP) is 2.04. The van der Waals surface area contributed by atoms with Crippen LogP contribution in [0.4, 0.5) is 0 Å².